The average Bonchev–Trinajstić information content (AvgIpc) is 2.38. The molecule has 1 heterocycles. The highest BCUT2D eigenvalue weighted by molar-refractivity contribution is 6.30. The summed E-state index contributed by atoms with van der Waals surface area (Å²) in [7, 11) is 1.75. The highest BCUT2D eigenvalue weighted by Crippen LogP contribution is 2.25. The molecule has 5 heteroatoms. The standard InChI is InChI=1S/C13H13ClFN3/c1-18(11-4-2-9(7-16)3-5-11)13-12(15)6-10(14)8-17-13/h2-6,8H,7,16H2,1H3. The van der Waals surface area contributed by atoms with Gasteiger partial charge in [-0.3, -0.25) is 0 Å². The number of anilines is 2. The molecule has 2 aromatic rings. The Bertz CT molecular complexity index is 542. The van der Waals surface area contributed by atoms with Crippen molar-refractivity contribution in [2.75, 3.05) is 11.9 Å². The van der Waals surface area contributed by atoms with Crippen LogP contribution < -0.4 is 10.6 Å². The summed E-state index contributed by atoms with van der Waals surface area (Å²) in [6.07, 6.45) is 1.42. The fraction of sp³-hybridized carbons (Fsp3) is 0.154. The van der Waals surface area contributed by atoms with Gasteiger partial charge in [0.15, 0.2) is 11.6 Å². The third kappa shape index (κ3) is 2.60. The van der Waals surface area contributed by atoms with Gasteiger partial charge in [-0.05, 0) is 23.8 Å². The van der Waals surface area contributed by atoms with Crippen LogP contribution >= 0.6 is 11.6 Å². The summed E-state index contributed by atoms with van der Waals surface area (Å²) in [6.45, 7) is 0.484. The lowest BCUT2D eigenvalue weighted by Gasteiger charge is -2.19. The second-order valence-corrected chi connectivity index (χ2v) is 4.32. The van der Waals surface area contributed by atoms with Gasteiger partial charge in [-0.15, -0.1) is 0 Å². The molecule has 2 rings (SSSR count). The highest BCUT2D eigenvalue weighted by atomic mass is 35.5. The molecule has 1 aromatic heterocycles. The molecule has 3 nitrogen and oxygen atoms in total. The van der Waals surface area contributed by atoms with Gasteiger partial charge in [0.05, 0.1) is 5.02 Å². The molecule has 0 bridgehead atoms. The van der Waals surface area contributed by atoms with Crippen molar-refractivity contribution in [1.82, 2.24) is 4.98 Å². The number of aromatic nitrogens is 1. The second kappa shape index (κ2) is 5.33. The van der Waals surface area contributed by atoms with Crippen molar-refractivity contribution in [3.8, 4) is 0 Å². The molecule has 0 radical (unpaired) electrons. The number of benzene rings is 1. The Balaban J connectivity index is 2.31. The maximum Gasteiger partial charge on any atom is 0.169 e. The Morgan fingerprint density at radius 2 is 2.00 bits per heavy atom. The van der Waals surface area contributed by atoms with E-state index in [2.05, 4.69) is 4.98 Å². The Morgan fingerprint density at radius 3 is 2.56 bits per heavy atom. The van der Waals surface area contributed by atoms with Gasteiger partial charge in [0, 0.05) is 25.5 Å². The zero-order valence-corrected chi connectivity index (χ0v) is 10.7. The monoisotopic (exact) mass is 265 g/mol. The van der Waals surface area contributed by atoms with Gasteiger partial charge < -0.3 is 10.6 Å². The molecule has 0 atom stereocenters. The van der Waals surface area contributed by atoms with Gasteiger partial charge in [-0.25, -0.2) is 9.37 Å². The largest absolute Gasteiger partial charge is 0.327 e. The van der Waals surface area contributed by atoms with Crippen molar-refractivity contribution < 1.29 is 4.39 Å². The quantitative estimate of drug-likeness (QED) is 0.927. The van der Waals surface area contributed by atoms with Crippen LogP contribution in [0.25, 0.3) is 0 Å². The third-order valence-electron chi connectivity index (χ3n) is 2.67. The number of pyridine rings is 1. The van der Waals surface area contributed by atoms with Crippen LogP contribution in [0.1, 0.15) is 5.56 Å². The van der Waals surface area contributed by atoms with Gasteiger partial charge in [0.2, 0.25) is 0 Å². The summed E-state index contributed by atoms with van der Waals surface area (Å²) in [5.41, 5.74) is 7.39. The van der Waals surface area contributed by atoms with Gasteiger partial charge >= 0.3 is 0 Å². The minimum absolute atomic E-state index is 0.236. The lowest BCUT2D eigenvalue weighted by atomic mass is 10.2. The Labute approximate surface area is 110 Å². The van der Waals surface area contributed by atoms with E-state index in [1.54, 1.807) is 11.9 Å². The van der Waals surface area contributed by atoms with E-state index in [0.717, 1.165) is 11.3 Å². The first-order valence-electron chi connectivity index (χ1n) is 5.45. The first-order chi connectivity index (χ1) is 8.61. The molecule has 1 aromatic carbocycles. The molecule has 2 N–H and O–H groups in total. The first kappa shape index (κ1) is 12.8. The smallest absolute Gasteiger partial charge is 0.169 e. The lowest BCUT2D eigenvalue weighted by Crippen LogP contribution is -2.13. The Hall–Kier alpha value is -1.65. The summed E-state index contributed by atoms with van der Waals surface area (Å²) < 4.78 is 13.7. The van der Waals surface area contributed by atoms with Crippen molar-refractivity contribution in [2.45, 2.75) is 6.54 Å². The fourth-order valence-electron chi connectivity index (χ4n) is 1.63. The molecule has 94 valence electrons. The number of halogens is 2. The molecule has 0 spiro atoms. The van der Waals surface area contributed by atoms with E-state index in [1.807, 2.05) is 24.3 Å². The van der Waals surface area contributed by atoms with Crippen LogP contribution in [0.3, 0.4) is 0 Å². The highest BCUT2D eigenvalue weighted by Gasteiger charge is 2.11. The number of nitrogens with zero attached hydrogens (tertiary/aromatic N) is 2. The minimum Gasteiger partial charge on any atom is -0.327 e. The number of hydrogen-bond donors (Lipinski definition) is 1. The first-order valence-corrected chi connectivity index (χ1v) is 5.83. The maximum absolute atomic E-state index is 13.7. The van der Waals surface area contributed by atoms with E-state index in [0.29, 0.717) is 6.54 Å². The zero-order chi connectivity index (χ0) is 13.1. The van der Waals surface area contributed by atoms with Crippen LogP contribution in [0.5, 0.6) is 0 Å². The summed E-state index contributed by atoms with van der Waals surface area (Å²) in [5.74, 6) is -0.215. The molecule has 0 amide bonds. The SMILES string of the molecule is CN(c1ccc(CN)cc1)c1ncc(Cl)cc1F. The van der Waals surface area contributed by atoms with Gasteiger partial charge in [-0.2, -0.15) is 0 Å². The Morgan fingerprint density at radius 1 is 1.33 bits per heavy atom. The van der Waals surface area contributed by atoms with Crippen LogP contribution in [0.4, 0.5) is 15.9 Å². The van der Waals surface area contributed by atoms with Crippen molar-refractivity contribution in [2.24, 2.45) is 5.73 Å². The average molecular weight is 266 g/mol. The predicted octanol–water partition coefficient (Wildman–Crippen LogP) is 3.10. The number of hydrogen-bond acceptors (Lipinski definition) is 3. The van der Waals surface area contributed by atoms with Gasteiger partial charge in [-0.1, -0.05) is 23.7 Å². The van der Waals surface area contributed by atoms with Crippen LogP contribution in [-0.2, 0) is 6.54 Å². The van der Waals surface area contributed by atoms with E-state index >= 15 is 0 Å². The molecule has 0 fully saturated rings. The molecule has 0 unspecified atom stereocenters. The summed E-state index contributed by atoms with van der Waals surface area (Å²) >= 11 is 5.67. The molecule has 0 aliphatic heterocycles. The molecule has 0 aliphatic rings. The Kier molecular flexibility index (Phi) is 3.79. The molecular weight excluding hydrogens is 253 g/mol. The maximum atomic E-state index is 13.7. The number of nitrogens with two attached hydrogens (primary N) is 1. The molecule has 18 heavy (non-hydrogen) atoms. The van der Waals surface area contributed by atoms with Crippen LogP contribution in [0.15, 0.2) is 36.5 Å². The van der Waals surface area contributed by atoms with Crippen molar-refractivity contribution in [3.05, 3.63) is 52.9 Å². The van der Waals surface area contributed by atoms with E-state index in [-0.39, 0.29) is 10.8 Å². The summed E-state index contributed by atoms with van der Waals surface area (Å²) in [4.78, 5) is 5.65. The molecule has 0 aliphatic carbocycles. The van der Waals surface area contributed by atoms with Crippen molar-refractivity contribution >= 4 is 23.1 Å². The number of rotatable bonds is 3. The fourth-order valence-corrected chi connectivity index (χ4v) is 1.78. The van der Waals surface area contributed by atoms with E-state index in [4.69, 9.17) is 17.3 Å². The zero-order valence-electron chi connectivity index (χ0n) is 9.90. The van der Waals surface area contributed by atoms with Crippen LogP contribution in [-0.4, -0.2) is 12.0 Å². The second-order valence-electron chi connectivity index (χ2n) is 3.89. The van der Waals surface area contributed by atoms with E-state index in [1.165, 1.54) is 12.3 Å². The predicted molar refractivity (Wildman–Crippen MR) is 71.6 cm³/mol. The van der Waals surface area contributed by atoms with Crippen LogP contribution in [0, 0.1) is 5.82 Å². The van der Waals surface area contributed by atoms with Crippen LogP contribution in [0.2, 0.25) is 5.02 Å². The third-order valence-corrected chi connectivity index (χ3v) is 2.87. The van der Waals surface area contributed by atoms with Crippen molar-refractivity contribution in [3.63, 3.8) is 0 Å². The normalized spacial score (nSPS) is 10.4. The topological polar surface area (TPSA) is 42.1 Å². The van der Waals surface area contributed by atoms with Gasteiger partial charge in [0.25, 0.3) is 0 Å². The van der Waals surface area contributed by atoms with E-state index in [9.17, 15) is 4.39 Å². The van der Waals surface area contributed by atoms with Gasteiger partial charge in [0.1, 0.15) is 0 Å². The minimum atomic E-state index is -0.451. The molecule has 0 saturated carbocycles. The molecular formula is C13H13ClFN3. The lowest BCUT2D eigenvalue weighted by molar-refractivity contribution is 0.621. The van der Waals surface area contributed by atoms with Crippen molar-refractivity contribution in [1.29, 1.82) is 0 Å². The van der Waals surface area contributed by atoms with E-state index < -0.39 is 5.82 Å². The summed E-state index contributed by atoms with van der Waals surface area (Å²) in [6, 6.07) is 8.80. The summed E-state index contributed by atoms with van der Waals surface area (Å²) in [5, 5.41) is 0.281. The molecule has 0 saturated heterocycles.